The average molecular weight is 386 g/mol. The molecule has 6 heteroatoms. The summed E-state index contributed by atoms with van der Waals surface area (Å²) in [7, 11) is 0. The van der Waals surface area contributed by atoms with Gasteiger partial charge in [-0.15, -0.1) is 0 Å². The minimum atomic E-state index is -0.756. The van der Waals surface area contributed by atoms with Crippen LogP contribution in [0.2, 0.25) is 0 Å². The lowest BCUT2D eigenvalue weighted by molar-refractivity contribution is -0.122. The molecular formula is C21H20F2N2OS. The molecule has 0 bridgehead atoms. The van der Waals surface area contributed by atoms with Crippen LogP contribution in [-0.4, -0.2) is 22.5 Å². The highest BCUT2D eigenvalue weighted by Crippen LogP contribution is 2.34. The van der Waals surface area contributed by atoms with Crippen molar-refractivity contribution < 1.29 is 13.6 Å². The van der Waals surface area contributed by atoms with Crippen LogP contribution in [0.15, 0.2) is 52.4 Å². The van der Waals surface area contributed by atoms with Crippen molar-refractivity contribution in [3.05, 3.63) is 70.1 Å². The first-order valence-corrected chi connectivity index (χ1v) is 9.55. The van der Waals surface area contributed by atoms with Gasteiger partial charge >= 0.3 is 0 Å². The Balaban J connectivity index is 1.91. The summed E-state index contributed by atoms with van der Waals surface area (Å²) < 4.78 is 27.0. The maximum absolute atomic E-state index is 13.9. The van der Waals surface area contributed by atoms with Crippen molar-refractivity contribution in [3.63, 3.8) is 0 Å². The molecule has 0 aromatic heterocycles. The zero-order valence-electron chi connectivity index (χ0n) is 15.4. The van der Waals surface area contributed by atoms with Gasteiger partial charge in [-0.2, -0.15) is 0 Å². The van der Waals surface area contributed by atoms with Crippen molar-refractivity contribution in [1.29, 1.82) is 0 Å². The molecule has 0 saturated carbocycles. The summed E-state index contributed by atoms with van der Waals surface area (Å²) in [5.74, 6) is -1.15. The minimum absolute atomic E-state index is 0.00712. The predicted octanol–water partition coefficient (Wildman–Crippen LogP) is 5.71. The van der Waals surface area contributed by atoms with Crippen LogP contribution in [-0.2, 0) is 4.79 Å². The highest BCUT2D eigenvalue weighted by molar-refractivity contribution is 8.18. The van der Waals surface area contributed by atoms with Gasteiger partial charge in [-0.25, -0.2) is 13.8 Å². The van der Waals surface area contributed by atoms with Crippen LogP contribution < -0.4 is 0 Å². The fourth-order valence-electron chi connectivity index (χ4n) is 2.67. The number of thioether (sulfide) groups is 1. The number of likely N-dealkylation sites (N-methyl/N-ethyl adjacent to an activating group) is 1. The van der Waals surface area contributed by atoms with Gasteiger partial charge in [-0.1, -0.05) is 38.1 Å². The molecule has 3 rings (SSSR count). The van der Waals surface area contributed by atoms with E-state index in [4.69, 9.17) is 0 Å². The summed E-state index contributed by atoms with van der Waals surface area (Å²) in [5, 5.41) is 0.387. The zero-order valence-corrected chi connectivity index (χ0v) is 16.2. The molecule has 0 spiro atoms. The standard InChI is InChI=1S/C21H20F2N2OS/c1-4-25-20(26)19(11-14-5-7-15(8-6-14)13(2)3)27-21(25)24-18-10-9-16(22)12-17(18)23/h5-13H,4H2,1-3H3/b19-11+,24-21?. The molecule has 2 aromatic carbocycles. The first kappa shape index (κ1) is 19.3. The average Bonchev–Trinajstić information content (AvgIpc) is 2.92. The molecule has 0 unspecified atom stereocenters. The van der Waals surface area contributed by atoms with Gasteiger partial charge in [-0.3, -0.25) is 9.69 Å². The summed E-state index contributed by atoms with van der Waals surface area (Å²) in [4.78, 5) is 18.9. The molecular weight excluding hydrogens is 366 g/mol. The molecule has 1 aliphatic heterocycles. The third-order valence-corrected chi connectivity index (χ3v) is 5.24. The number of halogens is 2. The van der Waals surface area contributed by atoms with E-state index in [1.54, 1.807) is 0 Å². The van der Waals surface area contributed by atoms with E-state index in [0.717, 1.165) is 17.7 Å². The number of amides is 1. The number of carbonyl (C=O) groups excluding carboxylic acids is 1. The minimum Gasteiger partial charge on any atom is -0.287 e. The summed E-state index contributed by atoms with van der Waals surface area (Å²) in [6.45, 7) is 6.49. The Morgan fingerprint density at radius 1 is 1.15 bits per heavy atom. The number of benzene rings is 2. The van der Waals surface area contributed by atoms with Gasteiger partial charge in [0, 0.05) is 12.6 Å². The van der Waals surface area contributed by atoms with Crippen molar-refractivity contribution >= 4 is 34.6 Å². The molecule has 0 N–H and O–H groups in total. The van der Waals surface area contributed by atoms with Crippen molar-refractivity contribution in [2.75, 3.05) is 6.54 Å². The van der Waals surface area contributed by atoms with E-state index in [1.165, 1.54) is 28.3 Å². The molecule has 1 aliphatic rings. The third kappa shape index (κ3) is 4.27. The molecule has 3 nitrogen and oxygen atoms in total. The van der Waals surface area contributed by atoms with Gasteiger partial charge in [0.25, 0.3) is 5.91 Å². The number of amidine groups is 1. The Morgan fingerprint density at radius 3 is 2.44 bits per heavy atom. The number of carbonyl (C=O) groups is 1. The third-order valence-electron chi connectivity index (χ3n) is 4.23. The molecule has 1 amide bonds. The number of hydrogen-bond acceptors (Lipinski definition) is 3. The van der Waals surface area contributed by atoms with Crippen molar-refractivity contribution in [2.45, 2.75) is 26.7 Å². The smallest absolute Gasteiger partial charge is 0.266 e. The molecule has 140 valence electrons. The van der Waals surface area contributed by atoms with E-state index in [-0.39, 0.29) is 11.6 Å². The number of rotatable bonds is 4. The number of hydrogen-bond donors (Lipinski definition) is 0. The number of aliphatic imine (C=N–C) groups is 1. The summed E-state index contributed by atoms with van der Waals surface area (Å²) >= 11 is 1.19. The van der Waals surface area contributed by atoms with Crippen LogP contribution in [0, 0.1) is 11.6 Å². The van der Waals surface area contributed by atoms with Crippen molar-refractivity contribution in [3.8, 4) is 0 Å². The maximum Gasteiger partial charge on any atom is 0.266 e. The predicted molar refractivity (Wildman–Crippen MR) is 107 cm³/mol. The van der Waals surface area contributed by atoms with E-state index >= 15 is 0 Å². The normalized spacial score (nSPS) is 17.6. The monoisotopic (exact) mass is 386 g/mol. The fourth-order valence-corrected chi connectivity index (χ4v) is 3.73. The van der Waals surface area contributed by atoms with Crippen molar-refractivity contribution in [1.82, 2.24) is 4.90 Å². The van der Waals surface area contributed by atoms with Crippen LogP contribution in [0.1, 0.15) is 37.8 Å². The van der Waals surface area contributed by atoms with Gasteiger partial charge in [0.15, 0.2) is 11.0 Å². The van der Waals surface area contributed by atoms with Crippen molar-refractivity contribution in [2.24, 2.45) is 4.99 Å². The van der Waals surface area contributed by atoms with E-state index < -0.39 is 11.6 Å². The first-order chi connectivity index (χ1) is 12.9. The number of nitrogens with zero attached hydrogens (tertiary/aromatic N) is 2. The second-order valence-electron chi connectivity index (χ2n) is 6.47. The highest BCUT2D eigenvalue weighted by atomic mass is 32.2. The van der Waals surface area contributed by atoms with Gasteiger partial charge in [0.1, 0.15) is 11.5 Å². The Morgan fingerprint density at radius 2 is 1.85 bits per heavy atom. The van der Waals surface area contributed by atoms with Crippen LogP contribution >= 0.6 is 11.8 Å². The van der Waals surface area contributed by atoms with Crippen LogP contribution in [0.4, 0.5) is 14.5 Å². The van der Waals surface area contributed by atoms with E-state index in [1.807, 2.05) is 37.3 Å². The van der Waals surface area contributed by atoms with Crippen LogP contribution in [0.25, 0.3) is 6.08 Å². The van der Waals surface area contributed by atoms with Gasteiger partial charge in [-0.05, 0) is 53.9 Å². The quantitative estimate of drug-likeness (QED) is 0.630. The molecule has 0 atom stereocenters. The first-order valence-electron chi connectivity index (χ1n) is 8.74. The van der Waals surface area contributed by atoms with Gasteiger partial charge in [0.05, 0.1) is 4.91 Å². The Labute approximate surface area is 161 Å². The lowest BCUT2D eigenvalue weighted by atomic mass is 10.0. The molecule has 1 heterocycles. The lowest BCUT2D eigenvalue weighted by Crippen LogP contribution is -2.28. The van der Waals surface area contributed by atoms with Crippen LogP contribution in [0.3, 0.4) is 0 Å². The Kier molecular flexibility index (Phi) is 5.75. The van der Waals surface area contributed by atoms with Crippen LogP contribution in [0.5, 0.6) is 0 Å². The van der Waals surface area contributed by atoms with E-state index in [2.05, 4.69) is 18.8 Å². The molecule has 0 radical (unpaired) electrons. The Bertz CT molecular complexity index is 920. The molecule has 0 aliphatic carbocycles. The topological polar surface area (TPSA) is 32.7 Å². The Hall–Kier alpha value is -2.47. The largest absolute Gasteiger partial charge is 0.287 e. The maximum atomic E-state index is 13.9. The molecule has 1 saturated heterocycles. The lowest BCUT2D eigenvalue weighted by Gasteiger charge is -2.12. The second kappa shape index (κ2) is 8.05. The summed E-state index contributed by atoms with van der Waals surface area (Å²) in [5.41, 5.74) is 2.15. The van der Waals surface area contributed by atoms with E-state index in [9.17, 15) is 13.6 Å². The summed E-state index contributed by atoms with van der Waals surface area (Å²) in [6.07, 6.45) is 1.81. The second-order valence-corrected chi connectivity index (χ2v) is 7.48. The highest BCUT2D eigenvalue weighted by Gasteiger charge is 2.32. The van der Waals surface area contributed by atoms with Gasteiger partial charge in [0.2, 0.25) is 0 Å². The van der Waals surface area contributed by atoms with E-state index in [0.29, 0.717) is 22.5 Å². The zero-order chi connectivity index (χ0) is 19.6. The SMILES string of the molecule is CCN1C(=O)/C(=C\c2ccc(C(C)C)cc2)SC1=Nc1ccc(F)cc1F. The molecule has 27 heavy (non-hydrogen) atoms. The fraction of sp³-hybridized carbons (Fsp3) is 0.238. The molecule has 2 aromatic rings. The van der Waals surface area contributed by atoms with Gasteiger partial charge < -0.3 is 0 Å². The molecule has 1 fully saturated rings. The summed E-state index contributed by atoms with van der Waals surface area (Å²) in [6, 6.07) is 11.2.